The number of aliphatic hydroxyl groups excluding tert-OH is 1. The predicted octanol–water partition coefficient (Wildman–Crippen LogP) is 1.23. The summed E-state index contributed by atoms with van der Waals surface area (Å²) in [4.78, 5) is 0. The van der Waals surface area contributed by atoms with Crippen LogP contribution in [0.3, 0.4) is 0 Å². The van der Waals surface area contributed by atoms with E-state index in [1.54, 1.807) is 0 Å². The van der Waals surface area contributed by atoms with E-state index in [4.69, 9.17) is 19.9 Å². The Hall–Kier alpha value is 0.904. The van der Waals surface area contributed by atoms with Crippen molar-refractivity contribution in [3.05, 3.63) is 6.92 Å². The zero-order valence-corrected chi connectivity index (χ0v) is 16.3. The van der Waals surface area contributed by atoms with E-state index >= 15 is 0 Å². The van der Waals surface area contributed by atoms with Crippen LogP contribution in [0.2, 0.25) is 0 Å². The molecule has 0 aromatic carbocycles. The van der Waals surface area contributed by atoms with Crippen LogP contribution in [0.25, 0.3) is 0 Å². The van der Waals surface area contributed by atoms with Gasteiger partial charge in [0.05, 0.1) is 23.3 Å². The maximum Gasteiger partial charge on any atom is 0.173 e. The Bertz CT molecular complexity index is 301. The molecule has 6 heteroatoms. The van der Waals surface area contributed by atoms with Crippen LogP contribution >= 0.6 is 0 Å². The van der Waals surface area contributed by atoms with E-state index < -0.39 is 41.8 Å². The Morgan fingerprint density at radius 2 is 1.50 bits per heavy atom. The standard InChI is InChI=1S/C14H28NO4.Y/c1-8-11(18-13(2,3)4)10(16)9(15)12(17-8)19-14(5,6)7;/h8-12,16H,1,15H2,2-7H3;/q-1;. The van der Waals surface area contributed by atoms with Crippen molar-refractivity contribution in [3.63, 3.8) is 0 Å². The molecule has 1 rings (SSSR count). The van der Waals surface area contributed by atoms with E-state index in [0.29, 0.717) is 0 Å². The third-order valence-corrected chi connectivity index (χ3v) is 2.68. The van der Waals surface area contributed by atoms with E-state index in [-0.39, 0.29) is 32.7 Å². The molecule has 0 aromatic rings. The van der Waals surface area contributed by atoms with Crippen LogP contribution in [0, 0.1) is 6.92 Å². The first-order valence-corrected chi connectivity index (χ1v) is 6.68. The molecule has 1 saturated heterocycles. The average Bonchev–Trinajstić information content (AvgIpc) is 2.17. The summed E-state index contributed by atoms with van der Waals surface area (Å²) >= 11 is 0. The summed E-state index contributed by atoms with van der Waals surface area (Å²) in [6.45, 7) is 15.3. The third-order valence-electron chi connectivity index (χ3n) is 2.68. The minimum atomic E-state index is -0.872. The molecule has 1 aliphatic rings. The molecule has 1 aliphatic heterocycles. The number of hydrogen-bond acceptors (Lipinski definition) is 5. The van der Waals surface area contributed by atoms with Crippen molar-refractivity contribution in [1.82, 2.24) is 0 Å². The van der Waals surface area contributed by atoms with Crippen molar-refractivity contribution >= 4 is 0 Å². The summed E-state index contributed by atoms with van der Waals surface area (Å²) in [6.07, 6.45) is -2.64. The molecule has 1 heterocycles. The normalized spacial score (nSPS) is 35.5. The number of nitrogens with two attached hydrogens (primary N) is 1. The van der Waals surface area contributed by atoms with Crippen LogP contribution in [0.4, 0.5) is 0 Å². The fourth-order valence-corrected chi connectivity index (χ4v) is 1.95. The Labute approximate surface area is 147 Å². The van der Waals surface area contributed by atoms with Gasteiger partial charge in [0.15, 0.2) is 6.29 Å². The maximum atomic E-state index is 10.3. The van der Waals surface area contributed by atoms with Crippen molar-refractivity contribution < 1.29 is 52.0 Å². The number of aliphatic hydroxyl groups is 1. The van der Waals surface area contributed by atoms with Gasteiger partial charge < -0.3 is 32.0 Å². The number of hydrogen-bond donors (Lipinski definition) is 2. The molecule has 0 aliphatic carbocycles. The van der Waals surface area contributed by atoms with Crippen LogP contribution in [0.5, 0.6) is 0 Å². The van der Waals surface area contributed by atoms with E-state index in [1.807, 2.05) is 41.5 Å². The zero-order chi connectivity index (χ0) is 15.0. The maximum absolute atomic E-state index is 10.3. The van der Waals surface area contributed by atoms with Gasteiger partial charge in [-0.25, -0.2) is 0 Å². The predicted molar refractivity (Wildman–Crippen MR) is 73.5 cm³/mol. The fourth-order valence-electron chi connectivity index (χ4n) is 1.95. The Morgan fingerprint density at radius 1 is 1.05 bits per heavy atom. The van der Waals surface area contributed by atoms with Crippen LogP contribution in [-0.4, -0.2) is 47.0 Å². The van der Waals surface area contributed by atoms with Crippen molar-refractivity contribution in [2.45, 2.75) is 83.4 Å². The molecule has 0 amide bonds. The van der Waals surface area contributed by atoms with Gasteiger partial charge in [-0.1, -0.05) is 0 Å². The molecule has 1 radical (unpaired) electrons. The summed E-state index contributed by atoms with van der Waals surface area (Å²) in [7, 11) is 0. The zero-order valence-electron chi connectivity index (χ0n) is 13.4. The monoisotopic (exact) mass is 363 g/mol. The Balaban J connectivity index is 0.00000361. The quantitative estimate of drug-likeness (QED) is 0.722. The summed E-state index contributed by atoms with van der Waals surface area (Å²) in [5, 5.41) is 10.3. The van der Waals surface area contributed by atoms with Gasteiger partial charge in [0.2, 0.25) is 0 Å². The second kappa shape index (κ2) is 7.45. The van der Waals surface area contributed by atoms with Gasteiger partial charge in [-0.05, 0) is 47.6 Å². The molecule has 0 saturated carbocycles. The van der Waals surface area contributed by atoms with Gasteiger partial charge in [0.1, 0.15) is 6.10 Å². The van der Waals surface area contributed by atoms with Gasteiger partial charge in [-0.2, -0.15) is 0 Å². The van der Waals surface area contributed by atoms with Crippen LogP contribution in [0.15, 0.2) is 0 Å². The number of rotatable bonds is 2. The van der Waals surface area contributed by atoms with Crippen LogP contribution < -0.4 is 5.73 Å². The molecule has 0 spiro atoms. The molecule has 117 valence electrons. The minimum absolute atomic E-state index is 0. The summed E-state index contributed by atoms with van der Waals surface area (Å²) < 4.78 is 17.1. The SMILES string of the molecule is [CH2-]C1OC(OC(C)(C)C)C(N)C(O)C1OC(C)(C)C.[Y]. The summed E-state index contributed by atoms with van der Waals surface area (Å²) in [6, 6.07) is -0.662. The molecule has 0 bridgehead atoms. The number of ether oxygens (including phenoxy) is 3. The molecule has 20 heavy (non-hydrogen) atoms. The summed E-state index contributed by atoms with van der Waals surface area (Å²) in [5.74, 6) is 0. The van der Waals surface area contributed by atoms with E-state index in [2.05, 4.69) is 6.92 Å². The van der Waals surface area contributed by atoms with Crippen molar-refractivity contribution in [2.75, 3.05) is 0 Å². The van der Waals surface area contributed by atoms with Gasteiger partial charge in [-0.3, -0.25) is 0 Å². The molecule has 5 unspecified atom stereocenters. The largest absolute Gasteiger partial charge is 0.389 e. The van der Waals surface area contributed by atoms with Gasteiger partial charge in [0.25, 0.3) is 0 Å². The topological polar surface area (TPSA) is 73.9 Å². The van der Waals surface area contributed by atoms with Crippen molar-refractivity contribution in [2.24, 2.45) is 5.73 Å². The third kappa shape index (κ3) is 6.34. The van der Waals surface area contributed by atoms with Crippen LogP contribution in [0.1, 0.15) is 41.5 Å². The molecule has 5 nitrogen and oxygen atoms in total. The molecule has 5 atom stereocenters. The first kappa shape index (κ1) is 20.9. The minimum Gasteiger partial charge on any atom is -0.389 e. The van der Waals surface area contributed by atoms with E-state index in [1.165, 1.54) is 0 Å². The molecular formula is C14H28NO4Y-. The molecule has 1 fully saturated rings. The van der Waals surface area contributed by atoms with E-state index in [9.17, 15) is 5.11 Å². The van der Waals surface area contributed by atoms with Crippen molar-refractivity contribution in [1.29, 1.82) is 0 Å². The van der Waals surface area contributed by atoms with Gasteiger partial charge >= 0.3 is 0 Å². The fraction of sp³-hybridized carbons (Fsp3) is 0.929. The Morgan fingerprint density at radius 3 is 1.90 bits per heavy atom. The van der Waals surface area contributed by atoms with Crippen LogP contribution in [-0.2, 0) is 46.9 Å². The summed E-state index contributed by atoms with van der Waals surface area (Å²) in [5.41, 5.74) is 5.19. The molecule has 0 aromatic heterocycles. The second-order valence-corrected chi connectivity index (χ2v) is 7.04. The molecular weight excluding hydrogens is 335 g/mol. The smallest absolute Gasteiger partial charge is 0.173 e. The van der Waals surface area contributed by atoms with Crippen molar-refractivity contribution in [3.8, 4) is 0 Å². The Kier molecular flexibility index (Phi) is 7.78. The van der Waals surface area contributed by atoms with Gasteiger partial charge in [0, 0.05) is 32.7 Å². The average molecular weight is 363 g/mol. The van der Waals surface area contributed by atoms with Gasteiger partial charge in [-0.15, -0.1) is 0 Å². The first-order chi connectivity index (χ1) is 8.41. The molecule has 3 N–H and O–H groups in total. The second-order valence-electron chi connectivity index (χ2n) is 7.04. The first-order valence-electron chi connectivity index (χ1n) is 6.68. The van der Waals surface area contributed by atoms with E-state index in [0.717, 1.165) is 0 Å².